The molecule has 3 saturated heterocycles. The number of carbonyl (C=O) groups is 13. The quantitative estimate of drug-likeness (QED) is 0.0515. The molecule has 34 nitrogen and oxygen atoms in total. The van der Waals surface area contributed by atoms with Gasteiger partial charge in [-0.1, -0.05) is 67.8 Å². The maximum atomic E-state index is 13.8. The third kappa shape index (κ3) is 26.0. The number of rotatable bonds is 33. The van der Waals surface area contributed by atoms with E-state index in [0.717, 1.165) is 91.5 Å². The van der Waals surface area contributed by atoms with E-state index in [0.29, 0.717) is 25.7 Å². The van der Waals surface area contributed by atoms with Crippen molar-refractivity contribution in [2.75, 3.05) is 46.1 Å². The fourth-order valence-corrected chi connectivity index (χ4v) is 11.9. The molecule has 1 aliphatic carbocycles. The van der Waals surface area contributed by atoms with Crippen LogP contribution in [0.4, 0.5) is 9.59 Å². The lowest BCUT2D eigenvalue weighted by atomic mass is 9.95. The second-order valence-electron chi connectivity index (χ2n) is 25.4. The molecule has 0 saturated carbocycles. The van der Waals surface area contributed by atoms with Crippen molar-refractivity contribution in [3.05, 3.63) is 59.7 Å². The van der Waals surface area contributed by atoms with Crippen molar-refractivity contribution in [1.29, 1.82) is 0 Å². The number of carbonyl (C=O) groups excluding carboxylic acids is 13. The highest BCUT2D eigenvalue weighted by atomic mass is 16.8. The van der Waals surface area contributed by atoms with Gasteiger partial charge in [0.25, 0.3) is 0 Å². The summed E-state index contributed by atoms with van der Waals surface area (Å²) in [6.07, 6.45) is -26.7. The van der Waals surface area contributed by atoms with E-state index in [1.807, 2.05) is 48.5 Å². The predicted octanol–water partition coefficient (Wildman–Crippen LogP) is 4.05. The van der Waals surface area contributed by atoms with Gasteiger partial charge in [-0.15, -0.1) is 0 Å². The normalized spacial score (nSPS) is 25.2. The molecule has 3 fully saturated rings. The van der Waals surface area contributed by atoms with Gasteiger partial charge >= 0.3 is 71.9 Å². The highest BCUT2D eigenvalue weighted by Gasteiger charge is 2.60. The minimum absolute atomic E-state index is 0.0105. The van der Waals surface area contributed by atoms with Crippen molar-refractivity contribution < 1.29 is 148 Å². The molecule has 2 aromatic carbocycles. The van der Waals surface area contributed by atoms with Crippen LogP contribution >= 0.6 is 0 Å². The molecule has 0 radical (unpaired) electrons. The third-order valence-electron chi connectivity index (χ3n) is 15.8. The Labute approximate surface area is 594 Å². The molecule has 34 heteroatoms. The summed E-state index contributed by atoms with van der Waals surface area (Å²) < 4.78 is 105. The van der Waals surface area contributed by atoms with E-state index in [9.17, 15) is 62.3 Å². The first kappa shape index (κ1) is 82.9. The number of hydrogen-bond acceptors (Lipinski definition) is 31. The maximum Gasteiger partial charge on any atom is 0.407 e. The van der Waals surface area contributed by atoms with Crippen molar-refractivity contribution in [2.24, 2.45) is 0 Å². The second kappa shape index (κ2) is 39.5. The SMILES string of the molecule is CC(=O)OC[C@H]1O[C@H](O[C@@H]2[C@H](OC(C)=O)[C@@H](OC(C)=O)[C@@H](O[C@H]3[C@H](OC(C)=O)[C@@H](OC(C)=O)[C@H](OCCCCCC[C@H](NC(=O)OCC4c5ccccc5-c5ccccc54)C(=O)NCCCNC(=O)OC(C)(C)C)O[C@@H]3COC(C)=O)O[C@@H]2COC(C)=O)[C@H](OC(C)=O)[C@@H](OC(C)=O)[C@H]1OC(C)=O. The third-order valence-corrected chi connectivity index (χ3v) is 15.8. The molecule has 3 amide bonds. The number of esters is 10. The number of ether oxygens (including phenoxy) is 18. The number of fused-ring (bicyclic) bond motifs is 3. The van der Waals surface area contributed by atoms with Gasteiger partial charge in [-0.2, -0.15) is 0 Å². The van der Waals surface area contributed by atoms with Gasteiger partial charge in [0, 0.05) is 94.9 Å². The Hall–Kier alpha value is -9.09. The van der Waals surface area contributed by atoms with Gasteiger partial charge in [0.05, 0.1) is 0 Å². The summed E-state index contributed by atoms with van der Waals surface area (Å²) in [7, 11) is 0. The molecule has 4 aliphatic rings. The smallest absolute Gasteiger partial charge is 0.407 e. The first-order valence-electron chi connectivity index (χ1n) is 33.6. The molecule has 2 aromatic rings. The molecule has 103 heavy (non-hydrogen) atoms. The molecular formula is C69H93N3O31. The van der Waals surface area contributed by atoms with E-state index in [2.05, 4.69) is 16.0 Å². The minimum atomic E-state index is -2.08. The van der Waals surface area contributed by atoms with Crippen LogP contribution in [0.25, 0.3) is 11.1 Å². The lowest BCUT2D eigenvalue weighted by Gasteiger charge is -2.50. The molecule has 16 atom stereocenters. The molecule has 0 bridgehead atoms. The lowest BCUT2D eigenvalue weighted by Crippen LogP contribution is -2.69. The van der Waals surface area contributed by atoms with Crippen molar-refractivity contribution in [3.8, 4) is 11.1 Å². The fourth-order valence-electron chi connectivity index (χ4n) is 11.9. The molecule has 0 aromatic heterocycles. The van der Waals surface area contributed by atoms with Gasteiger partial charge in [0.2, 0.25) is 5.91 Å². The highest BCUT2D eigenvalue weighted by molar-refractivity contribution is 5.86. The van der Waals surface area contributed by atoms with Gasteiger partial charge in [0.15, 0.2) is 61.6 Å². The van der Waals surface area contributed by atoms with E-state index >= 15 is 0 Å². The first-order chi connectivity index (χ1) is 48.7. The van der Waals surface area contributed by atoms with E-state index in [4.69, 9.17) is 85.3 Å². The zero-order chi connectivity index (χ0) is 75.8. The van der Waals surface area contributed by atoms with E-state index in [1.165, 1.54) is 0 Å². The van der Waals surface area contributed by atoms with Crippen LogP contribution in [-0.2, 0) is 138 Å². The topological polar surface area (TPSA) is 424 Å². The fraction of sp³-hybridized carbons (Fsp3) is 0.638. The molecule has 570 valence electrons. The van der Waals surface area contributed by atoms with Gasteiger partial charge in [0.1, 0.15) is 68.6 Å². The van der Waals surface area contributed by atoms with Crippen LogP contribution in [0.15, 0.2) is 48.5 Å². The monoisotopic (exact) mass is 1460 g/mol. The number of nitrogens with one attached hydrogen (secondary N) is 3. The number of amides is 3. The number of unbranched alkanes of at least 4 members (excludes halogenated alkanes) is 3. The Bertz CT molecular complexity index is 3260. The van der Waals surface area contributed by atoms with E-state index < -0.39 is 201 Å². The van der Waals surface area contributed by atoms with Gasteiger partial charge < -0.3 is 101 Å². The number of alkyl carbamates (subject to hydrolysis) is 2. The Morgan fingerprint density at radius 3 is 1.21 bits per heavy atom. The Morgan fingerprint density at radius 2 is 0.777 bits per heavy atom. The predicted molar refractivity (Wildman–Crippen MR) is 347 cm³/mol. The molecule has 0 spiro atoms. The van der Waals surface area contributed by atoms with Crippen LogP contribution in [0, 0.1) is 0 Å². The van der Waals surface area contributed by atoms with E-state index in [1.54, 1.807) is 20.8 Å². The minimum Gasteiger partial charge on any atom is -0.463 e. The second-order valence-corrected chi connectivity index (χ2v) is 25.4. The summed E-state index contributed by atoms with van der Waals surface area (Å²) in [6, 6.07) is 14.6. The van der Waals surface area contributed by atoms with Crippen molar-refractivity contribution in [3.63, 3.8) is 0 Å². The summed E-state index contributed by atoms with van der Waals surface area (Å²) >= 11 is 0. The zero-order valence-corrected chi connectivity index (χ0v) is 59.8. The number of benzene rings is 2. The zero-order valence-electron chi connectivity index (χ0n) is 59.8. The average Bonchev–Trinajstić information content (AvgIpc) is 1.75. The van der Waals surface area contributed by atoms with Crippen LogP contribution < -0.4 is 16.0 Å². The van der Waals surface area contributed by atoms with Crippen LogP contribution in [0.3, 0.4) is 0 Å². The van der Waals surface area contributed by atoms with Gasteiger partial charge in [-0.25, -0.2) is 9.59 Å². The molecule has 3 heterocycles. The molecule has 6 rings (SSSR count). The first-order valence-corrected chi connectivity index (χ1v) is 33.6. The Kier molecular flexibility index (Phi) is 31.8. The average molecular weight is 1460 g/mol. The van der Waals surface area contributed by atoms with Crippen molar-refractivity contribution >= 4 is 77.8 Å². The summed E-state index contributed by atoms with van der Waals surface area (Å²) in [4.78, 5) is 168. The Morgan fingerprint density at radius 1 is 0.398 bits per heavy atom. The molecular weight excluding hydrogens is 1370 g/mol. The highest BCUT2D eigenvalue weighted by Crippen LogP contribution is 2.45. The largest absolute Gasteiger partial charge is 0.463 e. The summed E-state index contributed by atoms with van der Waals surface area (Å²) in [5.41, 5.74) is 3.32. The van der Waals surface area contributed by atoms with Crippen LogP contribution in [0.5, 0.6) is 0 Å². The number of hydrogen-bond donors (Lipinski definition) is 3. The van der Waals surface area contributed by atoms with E-state index in [-0.39, 0.29) is 45.1 Å². The van der Waals surface area contributed by atoms with Crippen LogP contribution in [0.2, 0.25) is 0 Å². The van der Waals surface area contributed by atoms with Gasteiger partial charge in [-0.05, 0) is 62.3 Å². The van der Waals surface area contributed by atoms with Crippen molar-refractivity contribution in [2.45, 2.75) is 238 Å². The summed E-state index contributed by atoms with van der Waals surface area (Å²) in [5, 5.41) is 8.19. The van der Waals surface area contributed by atoms with Crippen molar-refractivity contribution in [1.82, 2.24) is 16.0 Å². The lowest BCUT2D eigenvalue weighted by molar-refractivity contribution is -0.380. The maximum absolute atomic E-state index is 13.8. The van der Waals surface area contributed by atoms with Gasteiger partial charge in [-0.3, -0.25) is 52.7 Å². The van der Waals surface area contributed by atoms with Crippen LogP contribution in [-0.4, -0.2) is 228 Å². The standard InChI is InChI=1S/C69H93N3O31/c1-35(73)87-32-51-54(91-38(4)76)57(92-39(5)77)61(96-43(9)81)65(99-51)102-56-53(34-89-37(3)75)100-66(62(97-44(10)82)59(56)94-41(7)79)101-55-52(33-88-36(2)74)98-64(60(95-42(8)80)58(55)93-40(6)78)86-30-21-15-14-16-27-50(63(83)70-28-22-29-71-67(84)103-69(11,12)13)72-68(85)90-31-49-47-25-19-17-23-45(47)46-24-18-20-26-48(46)49/h17-20,23-26,49-62,64-66H,14-16,21-22,27-34H2,1-13H3,(H,70,83)(H,71,84)(H,72,85)/t50-,51+,52+,53+,54-,55+,56-,57-,58-,59-,60+,61+,62+,64+,65+,66+/m0/s1. The molecule has 3 aliphatic heterocycles. The summed E-state index contributed by atoms with van der Waals surface area (Å²) in [5.74, 6) is -10.5. The summed E-state index contributed by atoms with van der Waals surface area (Å²) in [6.45, 7) is 13.1. The molecule has 0 unspecified atom stereocenters. The van der Waals surface area contributed by atoms with Crippen LogP contribution in [0.1, 0.15) is 146 Å². The molecule has 3 N–H and O–H groups in total. The Balaban J connectivity index is 1.23.